The van der Waals surface area contributed by atoms with Crippen LogP contribution in [0.1, 0.15) is 17.4 Å². The third-order valence-electron chi connectivity index (χ3n) is 2.15. The van der Waals surface area contributed by atoms with E-state index in [0.29, 0.717) is 5.76 Å². The quantitative estimate of drug-likeness (QED) is 0.674. The van der Waals surface area contributed by atoms with Gasteiger partial charge in [0.05, 0.1) is 10.7 Å². The van der Waals surface area contributed by atoms with Gasteiger partial charge in [0.2, 0.25) is 0 Å². The highest BCUT2D eigenvalue weighted by Crippen LogP contribution is 2.33. The third-order valence-corrected chi connectivity index (χ3v) is 4.28. The molecule has 16 heavy (non-hydrogen) atoms. The molecule has 2 rings (SSSR count). The lowest BCUT2D eigenvalue weighted by molar-refractivity contribution is 0.187. The SMILES string of the molecule is OC(c1cc(Br)ccc1I)c1occc1Br. The van der Waals surface area contributed by atoms with Crippen LogP contribution in [0.15, 0.2) is 43.9 Å². The Kier molecular flexibility index (Phi) is 4.10. The van der Waals surface area contributed by atoms with Crippen molar-refractivity contribution in [1.29, 1.82) is 0 Å². The van der Waals surface area contributed by atoms with Crippen molar-refractivity contribution >= 4 is 54.5 Å². The van der Waals surface area contributed by atoms with Crippen molar-refractivity contribution in [3.63, 3.8) is 0 Å². The summed E-state index contributed by atoms with van der Waals surface area (Å²) in [6, 6.07) is 7.54. The van der Waals surface area contributed by atoms with Gasteiger partial charge in [0.1, 0.15) is 6.10 Å². The van der Waals surface area contributed by atoms with Crippen LogP contribution in [0.5, 0.6) is 0 Å². The maximum Gasteiger partial charge on any atom is 0.150 e. The fourth-order valence-electron chi connectivity index (χ4n) is 1.37. The lowest BCUT2D eigenvalue weighted by atomic mass is 10.1. The maximum atomic E-state index is 10.2. The molecule has 0 bridgehead atoms. The summed E-state index contributed by atoms with van der Waals surface area (Å²) in [5.41, 5.74) is 0.825. The highest BCUT2D eigenvalue weighted by atomic mass is 127. The third kappa shape index (κ3) is 2.52. The van der Waals surface area contributed by atoms with Crippen LogP contribution in [0.3, 0.4) is 0 Å². The van der Waals surface area contributed by atoms with Gasteiger partial charge in [0.25, 0.3) is 0 Å². The first-order valence-corrected chi connectivity index (χ1v) is 7.12. The minimum absolute atomic E-state index is 0.524. The molecule has 1 aromatic heterocycles. The Bertz CT molecular complexity index is 510. The Hall–Kier alpha value is 0.150. The largest absolute Gasteiger partial charge is 0.465 e. The van der Waals surface area contributed by atoms with E-state index in [0.717, 1.165) is 18.1 Å². The molecule has 84 valence electrons. The highest BCUT2D eigenvalue weighted by Gasteiger charge is 2.19. The molecular formula is C11H7Br2IO2. The van der Waals surface area contributed by atoms with Crippen molar-refractivity contribution < 1.29 is 9.52 Å². The molecule has 1 atom stereocenters. The molecule has 0 radical (unpaired) electrons. The van der Waals surface area contributed by atoms with E-state index >= 15 is 0 Å². The van der Waals surface area contributed by atoms with Gasteiger partial charge in [0.15, 0.2) is 5.76 Å². The van der Waals surface area contributed by atoms with Crippen LogP contribution < -0.4 is 0 Å². The number of hydrogen-bond acceptors (Lipinski definition) is 2. The molecule has 0 fully saturated rings. The standard InChI is InChI=1S/C11H7Br2IO2/c12-6-1-2-9(14)7(5-6)10(15)11-8(13)3-4-16-11/h1-5,10,15H. The van der Waals surface area contributed by atoms with Crippen LogP contribution >= 0.6 is 54.5 Å². The fraction of sp³-hybridized carbons (Fsp3) is 0.0909. The van der Waals surface area contributed by atoms with Crippen LogP contribution in [-0.2, 0) is 0 Å². The van der Waals surface area contributed by atoms with Gasteiger partial charge >= 0.3 is 0 Å². The number of aliphatic hydroxyl groups excluding tert-OH is 1. The molecular weight excluding hydrogens is 451 g/mol. The number of rotatable bonds is 2. The molecule has 2 aromatic rings. The van der Waals surface area contributed by atoms with Crippen molar-refractivity contribution in [2.75, 3.05) is 0 Å². The zero-order valence-corrected chi connectivity index (χ0v) is 13.3. The van der Waals surface area contributed by atoms with E-state index < -0.39 is 6.10 Å². The first-order valence-electron chi connectivity index (χ1n) is 4.45. The Labute approximate surface area is 123 Å². The summed E-state index contributed by atoms with van der Waals surface area (Å²) in [6.07, 6.45) is 0.793. The monoisotopic (exact) mass is 456 g/mol. The Morgan fingerprint density at radius 2 is 2.00 bits per heavy atom. The smallest absolute Gasteiger partial charge is 0.150 e. The zero-order valence-electron chi connectivity index (χ0n) is 7.95. The van der Waals surface area contributed by atoms with Gasteiger partial charge in [-0.05, 0) is 62.8 Å². The highest BCUT2D eigenvalue weighted by molar-refractivity contribution is 14.1. The molecule has 0 aliphatic heterocycles. The molecule has 2 nitrogen and oxygen atoms in total. The molecule has 1 unspecified atom stereocenters. The van der Waals surface area contributed by atoms with Crippen molar-refractivity contribution in [2.45, 2.75) is 6.10 Å². The molecule has 0 aliphatic rings. The molecule has 1 N–H and O–H groups in total. The summed E-state index contributed by atoms with van der Waals surface area (Å²) in [5.74, 6) is 0.524. The average Bonchev–Trinajstić information content (AvgIpc) is 2.67. The van der Waals surface area contributed by atoms with Gasteiger partial charge in [-0.25, -0.2) is 0 Å². The number of aliphatic hydroxyl groups is 1. The summed E-state index contributed by atoms with van der Waals surface area (Å²) in [4.78, 5) is 0. The Morgan fingerprint density at radius 1 is 1.25 bits per heavy atom. The van der Waals surface area contributed by atoms with Gasteiger partial charge < -0.3 is 9.52 Å². The van der Waals surface area contributed by atoms with Crippen molar-refractivity contribution in [3.05, 3.63) is 54.4 Å². The van der Waals surface area contributed by atoms with E-state index in [2.05, 4.69) is 54.5 Å². The normalized spacial score (nSPS) is 12.8. The van der Waals surface area contributed by atoms with E-state index in [1.54, 1.807) is 12.3 Å². The van der Waals surface area contributed by atoms with E-state index in [-0.39, 0.29) is 0 Å². The average molecular weight is 458 g/mol. The molecule has 1 heterocycles. The second-order valence-corrected chi connectivity index (χ2v) is 6.13. The second-order valence-electron chi connectivity index (χ2n) is 3.20. The van der Waals surface area contributed by atoms with Crippen molar-refractivity contribution in [1.82, 2.24) is 0 Å². The molecule has 1 aromatic carbocycles. The molecule has 0 aliphatic carbocycles. The van der Waals surface area contributed by atoms with Crippen LogP contribution in [0.25, 0.3) is 0 Å². The van der Waals surface area contributed by atoms with E-state index in [1.165, 1.54) is 0 Å². The molecule has 0 saturated heterocycles. The van der Waals surface area contributed by atoms with Crippen molar-refractivity contribution in [2.24, 2.45) is 0 Å². The van der Waals surface area contributed by atoms with Crippen molar-refractivity contribution in [3.8, 4) is 0 Å². The minimum Gasteiger partial charge on any atom is -0.465 e. The molecule has 0 saturated carbocycles. The summed E-state index contributed by atoms with van der Waals surface area (Å²) in [6.45, 7) is 0. The minimum atomic E-state index is -0.756. The first kappa shape index (κ1) is 12.6. The van der Waals surface area contributed by atoms with Crippen LogP contribution in [-0.4, -0.2) is 5.11 Å². The Morgan fingerprint density at radius 3 is 2.62 bits per heavy atom. The fourth-order valence-corrected chi connectivity index (χ4v) is 2.79. The van der Waals surface area contributed by atoms with Gasteiger partial charge in [-0.1, -0.05) is 15.9 Å². The van der Waals surface area contributed by atoms with Gasteiger partial charge in [-0.3, -0.25) is 0 Å². The molecule has 0 spiro atoms. The lowest BCUT2D eigenvalue weighted by Gasteiger charge is -2.11. The predicted octanol–water partition coefficient (Wildman–Crippen LogP) is 4.49. The number of benzene rings is 1. The number of halogens is 3. The molecule has 5 heteroatoms. The summed E-state index contributed by atoms with van der Waals surface area (Å²) in [5, 5.41) is 10.2. The number of hydrogen-bond donors (Lipinski definition) is 1. The first-order chi connectivity index (χ1) is 7.59. The van der Waals surface area contributed by atoms with Crippen LogP contribution in [0.2, 0.25) is 0 Å². The maximum absolute atomic E-state index is 10.2. The van der Waals surface area contributed by atoms with Gasteiger partial charge in [0, 0.05) is 13.6 Å². The topological polar surface area (TPSA) is 33.4 Å². The van der Waals surface area contributed by atoms with Gasteiger partial charge in [-0.2, -0.15) is 0 Å². The van der Waals surface area contributed by atoms with E-state index in [9.17, 15) is 5.11 Å². The molecule has 0 amide bonds. The zero-order chi connectivity index (χ0) is 11.7. The lowest BCUT2D eigenvalue weighted by Crippen LogP contribution is -2.01. The van der Waals surface area contributed by atoms with Gasteiger partial charge in [-0.15, -0.1) is 0 Å². The summed E-state index contributed by atoms with van der Waals surface area (Å²) >= 11 is 8.92. The van der Waals surface area contributed by atoms with Crippen LogP contribution in [0, 0.1) is 3.57 Å². The van der Waals surface area contributed by atoms with Crippen LogP contribution in [0.4, 0.5) is 0 Å². The Balaban J connectivity index is 2.45. The van der Waals surface area contributed by atoms with E-state index in [1.807, 2.05) is 18.2 Å². The second kappa shape index (κ2) is 5.20. The number of furan rings is 1. The van der Waals surface area contributed by atoms with E-state index in [4.69, 9.17) is 4.42 Å². The summed E-state index contributed by atoms with van der Waals surface area (Å²) < 4.78 is 7.97. The predicted molar refractivity (Wildman–Crippen MR) is 77.3 cm³/mol. The summed E-state index contributed by atoms with van der Waals surface area (Å²) in [7, 11) is 0.